The van der Waals surface area contributed by atoms with Gasteiger partial charge in [0.15, 0.2) is 0 Å². The number of carboxylic acid groups (broad SMARTS) is 1. The van der Waals surface area contributed by atoms with Crippen LogP contribution in [0, 0.1) is 6.92 Å². The number of rotatable bonds is 4. The Hall–Kier alpha value is -1.04. The summed E-state index contributed by atoms with van der Waals surface area (Å²) in [6, 6.07) is 7.15. The van der Waals surface area contributed by atoms with E-state index >= 15 is 0 Å². The zero-order valence-electron chi connectivity index (χ0n) is 10.0. The van der Waals surface area contributed by atoms with Crippen LogP contribution in [0.15, 0.2) is 28.7 Å². The van der Waals surface area contributed by atoms with E-state index in [-0.39, 0.29) is 0 Å². The number of anilines is 1. The molecule has 0 saturated carbocycles. The van der Waals surface area contributed by atoms with Gasteiger partial charge in [0.05, 0.1) is 5.56 Å². The molecule has 0 aliphatic rings. The Morgan fingerprint density at radius 1 is 1.53 bits per heavy atom. The Morgan fingerprint density at radius 2 is 2.26 bits per heavy atom. The van der Waals surface area contributed by atoms with Gasteiger partial charge < -0.3 is 10.4 Å². The maximum absolute atomic E-state index is 11.0. The molecular formula is C13H11BrClNO2S. The molecule has 0 aliphatic heterocycles. The van der Waals surface area contributed by atoms with Crippen molar-refractivity contribution in [3.05, 3.63) is 49.1 Å². The molecule has 0 amide bonds. The molecule has 0 unspecified atom stereocenters. The highest BCUT2D eigenvalue weighted by atomic mass is 79.9. The molecule has 0 spiro atoms. The lowest BCUT2D eigenvalue weighted by Gasteiger charge is -2.10. The van der Waals surface area contributed by atoms with Crippen molar-refractivity contribution in [3.63, 3.8) is 0 Å². The molecule has 1 aromatic heterocycles. The number of thiophene rings is 1. The molecule has 100 valence electrons. The van der Waals surface area contributed by atoms with E-state index in [2.05, 4.69) is 21.2 Å². The van der Waals surface area contributed by atoms with Crippen molar-refractivity contribution >= 4 is 50.5 Å². The van der Waals surface area contributed by atoms with Gasteiger partial charge in [-0.15, -0.1) is 11.3 Å². The Labute approximate surface area is 128 Å². The Morgan fingerprint density at radius 3 is 2.84 bits per heavy atom. The minimum Gasteiger partial charge on any atom is -0.478 e. The fraction of sp³-hybridized carbons (Fsp3) is 0.154. The summed E-state index contributed by atoms with van der Waals surface area (Å²) in [4.78, 5) is 12.1. The molecule has 2 N–H and O–H groups in total. The van der Waals surface area contributed by atoms with E-state index in [0.717, 1.165) is 20.6 Å². The van der Waals surface area contributed by atoms with Crippen LogP contribution in [0.1, 0.15) is 20.8 Å². The summed E-state index contributed by atoms with van der Waals surface area (Å²) in [5.41, 5.74) is 1.87. The Kier molecular flexibility index (Phi) is 4.50. The van der Waals surface area contributed by atoms with Gasteiger partial charge in [-0.3, -0.25) is 0 Å². The number of nitrogens with one attached hydrogen (secondary N) is 1. The van der Waals surface area contributed by atoms with Crippen LogP contribution in [-0.2, 0) is 6.54 Å². The highest BCUT2D eigenvalue weighted by Crippen LogP contribution is 2.32. The fourth-order valence-corrected chi connectivity index (χ4v) is 3.45. The fourth-order valence-electron chi connectivity index (χ4n) is 1.72. The van der Waals surface area contributed by atoms with E-state index < -0.39 is 5.97 Å². The minimum atomic E-state index is -0.914. The van der Waals surface area contributed by atoms with E-state index in [1.165, 1.54) is 11.3 Å². The number of benzene rings is 1. The van der Waals surface area contributed by atoms with Crippen LogP contribution in [0.3, 0.4) is 0 Å². The third kappa shape index (κ3) is 3.29. The van der Waals surface area contributed by atoms with Crippen LogP contribution in [0.25, 0.3) is 0 Å². The van der Waals surface area contributed by atoms with E-state index in [1.807, 2.05) is 12.1 Å². The van der Waals surface area contributed by atoms with Gasteiger partial charge >= 0.3 is 5.97 Å². The summed E-state index contributed by atoms with van der Waals surface area (Å²) in [6.07, 6.45) is 0. The minimum absolute atomic E-state index is 0.315. The summed E-state index contributed by atoms with van der Waals surface area (Å²) >= 11 is 10.8. The second kappa shape index (κ2) is 5.94. The van der Waals surface area contributed by atoms with E-state index in [9.17, 15) is 4.79 Å². The second-order valence-corrected chi connectivity index (χ2v) is 6.56. The SMILES string of the molecule is Cc1c(NCc2cc(Br)c(Cl)s2)cccc1C(=O)O. The highest BCUT2D eigenvalue weighted by molar-refractivity contribution is 9.10. The smallest absolute Gasteiger partial charge is 0.336 e. The quantitative estimate of drug-likeness (QED) is 0.824. The molecule has 1 aromatic carbocycles. The summed E-state index contributed by atoms with van der Waals surface area (Å²) in [6.45, 7) is 2.41. The average molecular weight is 361 g/mol. The van der Waals surface area contributed by atoms with Crippen molar-refractivity contribution in [3.8, 4) is 0 Å². The lowest BCUT2D eigenvalue weighted by atomic mass is 10.1. The monoisotopic (exact) mass is 359 g/mol. The molecule has 6 heteroatoms. The number of carboxylic acids is 1. The number of aromatic carboxylic acids is 1. The van der Waals surface area contributed by atoms with E-state index in [1.54, 1.807) is 19.1 Å². The number of hydrogen-bond acceptors (Lipinski definition) is 3. The van der Waals surface area contributed by atoms with Gasteiger partial charge in [0, 0.05) is 21.6 Å². The van der Waals surface area contributed by atoms with E-state index in [4.69, 9.17) is 16.7 Å². The molecule has 1 heterocycles. The summed E-state index contributed by atoms with van der Waals surface area (Å²) in [5, 5.41) is 12.3. The van der Waals surface area contributed by atoms with Crippen molar-refractivity contribution < 1.29 is 9.90 Å². The topological polar surface area (TPSA) is 49.3 Å². The first kappa shape index (κ1) is 14.4. The van der Waals surface area contributed by atoms with Gasteiger partial charge in [0.1, 0.15) is 4.34 Å². The lowest BCUT2D eigenvalue weighted by Crippen LogP contribution is -2.05. The van der Waals surface area contributed by atoms with Gasteiger partial charge in [0.2, 0.25) is 0 Å². The van der Waals surface area contributed by atoms with Crippen LogP contribution < -0.4 is 5.32 Å². The average Bonchev–Trinajstić information content (AvgIpc) is 2.67. The highest BCUT2D eigenvalue weighted by Gasteiger charge is 2.10. The van der Waals surface area contributed by atoms with Crippen molar-refractivity contribution in [2.24, 2.45) is 0 Å². The number of hydrogen-bond donors (Lipinski definition) is 2. The molecule has 0 bridgehead atoms. The Bertz CT molecular complexity index is 608. The van der Waals surface area contributed by atoms with Crippen molar-refractivity contribution in [2.75, 3.05) is 5.32 Å². The van der Waals surface area contributed by atoms with Gasteiger partial charge in [-0.2, -0.15) is 0 Å². The molecular weight excluding hydrogens is 350 g/mol. The molecule has 19 heavy (non-hydrogen) atoms. The van der Waals surface area contributed by atoms with Crippen molar-refractivity contribution in [1.29, 1.82) is 0 Å². The van der Waals surface area contributed by atoms with Gasteiger partial charge in [0.25, 0.3) is 0 Å². The largest absolute Gasteiger partial charge is 0.478 e. The van der Waals surface area contributed by atoms with Crippen molar-refractivity contribution in [1.82, 2.24) is 0 Å². The number of halogens is 2. The van der Waals surface area contributed by atoms with Crippen LogP contribution in [0.2, 0.25) is 4.34 Å². The molecule has 3 nitrogen and oxygen atoms in total. The molecule has 0 radical (unpaired) electrons. The van der Waals surface area contributed by atoms with Crippen LogP contribution in [0.4, 0.5) is 5.69 Å². The summed E-state index contributed by atoms with van der Waals surface area (Å²) < 4.78 is 1.60. The summed E-state index contributed by atoms with van der Waals surface area (Å²) in [5.74, 6) is -0.914. The maximum atomic E-state index is 11.0. The molecule has 2 aromatic rings. The predicted molar refractivity (Wildman–Crippen MR) is 82.5 cm³/mol. The van der Waals surface area contributed by atoms with Crippen molar-refractivity contribution in [2.45, 2.75) is 13.5 Å². The maximum Gasteiger partial charge on any atom is 0.336 e. The molecule has 2 rings (SSSR count). The molecule has 0 saturated heterocycles. The standard InChI is InChI=1S/C13H11BrClNO2S/c1-7-9(13(17)18)3-2-4-11(7)16-6-8-5-10(14)12(15)19-8/h2-5,16H,6H2,1H3,(H,17,18). The van der Waals surface area contributed by atoms with Crippen LogP contribution in [-0.4, -0.2) is 11.1 Å². The van der Waals surface area contributed by atoms with E-state index in [0.29, 0.717) is 16.4 Å². The van der Waals surface area contributed by atoms with Gasteiger partial charge in [-0.1, -0.05) is 17.7 Å². The summed E-state index contributed by atoms with van der Waals surface area (Å²) in [7, 11) is 0. The Balaban J connectivity index is 2.16. The first-order valence-electron chi connectivity index (χ1n) is 5.49. The molecule has 0 fully saturated rings. The third-order valence-electron chi connectivity index (χ3n) is 2.71. The van der Waals surface area contributed by atoms with Crippen LogP contribution in [0.5, 0.6) is 0 Å². The molecule has 0 aliphatic carbocycles. The zero-order chi connectivity index (χ0) is 14.0. The van der Waals surface area contributed by atoms with Crippen LogP contribution >= 0.6 is 38.9 Å². The lowest BCUT2D eigenvalue weighted by molar-refractivity contribution is 0.0696. The predicted octanol–water partition coefficient (Wildman–Crippen LogP) is 4.78. The number of carbonyl (C=O) groups is 1. The first-order chi connectivity index (χ1) is 8.99. The second-order valence-electron chi connectivity index (χ2n) is 3.97. The third-order valence-corrected chi connectivity index (χ3v) is 5.19. The van der Waals surface area contributed by atoms with Gasteiger partial charge in [-0.05, 0) is 46.6 Å². The van der Waals surface area contributed by atoms with Gasteiger partial charge in [-0.25, -0.2) is 4.79 Å². The normalized spacial score (nSPS) is 10.5. The first-order valence-corrected chi connectivity index (χ1v) is 7.48. The molecule has 0 atom stereocenters. The zero-order valence-corrected chi connectivity index (χ0v) is 13.2.